The van der Waals surface area contributed by atoms with Gasteiger partial charge >= 0.3 is 0 Å². The molecular formula is C48H49N. The molecule has 1 aromatic heterocycles. The molecule has 1 atom stereocenters. The maximum absolute atomic E-state index is 4.23. The van der Waals surface area contributed by atoms with E-state index in [4.69, 9.17) is 0 Å². The SMILES string of the molecule is C=CC=C.C=Cc1c(/C=C\C)c2c(-c3ccccc3C)c(C)ccc2n1C1=CCC(C2=CCCC=C2)C=C1.Cc1cccc2ccccc12. The minimum atomic E-state index is 0.467. The Labute approximate surface area is 294 Å². The molecule has 0 N–H and O–H groups in total. The summed E-state index contributed by atoms with van der Waals surface area (Å²) in [5.74, 6) is 0.467. The molecule has 0 aliphatic heterocycles. The standard InChI is InChI=1S/C33H33N.C11H10.C4H6/c1-5-12-29-30(6-2)34(27-20-18-26(19-21-27)25-14-8-7-9-15-25)31-22-17-24(4)32(33(29)31)28-16-11-10-13-23(28)3;1-9-5-4-7-10-6-2-3-8-11(9)10;1-3-4-2/h5-6,8,10-18,20-22,26H,2,7,9,19H2,1,3-4H3;2-8H,1H3;3-4H,1-2H2/b12-5-;;. The summed E-state index contributed by atoms with van der Waals surface area (Å²) in [7, 11) is 0. The van der Waals surface area contributed by atoms with Crippen LogP contribution in [-0.2, 0) is 0 Å². The predicted molar refractivity (Wildman–Crippen MR) is 219 cm³/mol. The van der Waals surface area contributed by atoms with Gasteiger partial charge in [0, 0.05) is 22.6 Å². The van der Waals surface area contributed by atoms with Gasteiger partial charge in [-0.15, -0.1) is 0 Å². The van der Waals surface area contributed by atoms with Crippen molar-refractivity contribution in [2.24, 2.45) is 5.92 Å². The molecule has 0 bridgehead atoms. The number of rotatable bonds is 6. The van der Waals surface area contributed by atoms with Crippen molar-refractivity contribution in [1.82, 2.24) is 4.57 Å². The van der Waals surface area contributed by atoms with Crippen molar-refractivity contribution >= 4 is 39.5 Å². The number of allylic oxidation sites excluding steroid dienone is 11. The highest BCUT2D eigenvalue weighted by Gasteiger charge is 2.22. The number of aromatic nitrogens is 1. The fraction of sp³-hybridized carbons (Fsp3) is 0.167. The van der Waals surface area contributed by atoms with E-state index in [1.54, 1.807) is 12.2 Å². The molecule has 7 rings (SSSR count). The maximum atomic E-state index is 4.23. The van der Waals surface area contributed by atoms with E-state index < -0.39 is 0 Å². The first kappa shape index (κ1) is 34.9. The van der Waals surface area contributed by atoms with E-state index in [-0.39, 0.29) is 0 Å². The van der Waals surface area contributed by atoms with Crippen LogP contribution >= 0.6 is 0 Å². The Morgan fingerprint density at radius 1 is 0.735 bits per heavy atom. The van der Waals surface area contributed by atoms with Crippen LogP contribution in [-0.4, -0.2) is 4.57 Å². The van der Waals surface area contributed by atoms with Crippen molar-refractivity contribution in [3.63, 3.8) is 0 Å². The predicted octanol–water partition coefficient (Wildman–Crippen LogP) is 13.8. The quantitative estimate of drug-likeness (QED) is 0.163. The van der Waals surface area contributed by atoms with Crippen molar-refractivity contribution in [2.45, 2.75) is 47.0 Å². The Balaban J connectivity index is 0.000000258. The fourth-order valence-corrected chi connectivity index (χ4v) is 6.87. The summed E-state index contributed by atoms with van der Waals surface area (Å²) in [6.07, 6.45) is 27.1. The molecule has 2 aliphatic rings. The van der Waals surface area contributed by atoms with Gasteiger partial charge in [-0.05, 0) is 109 Å². The van der Waals surface area contributed by atoms with Crippen molar-refractivity contribution in [1.29, 1.82) is 0 Å². The van der Waals surface area contributed by atoms with Crippen LogP contribution in [0.15, 0.2) is 159 Å². The average Bonchev–Trinajstić information content (AvgIpc) is 3.46. The van der Waals surface area contributed by atoms with Crippen LogP contribution in [0.25, 0.3) is 50.7 Å². The second-order valence-electron chi connectivity index (χ2n) is 12.6. The van der Waals surface area contributed by atoms with Crippen LogP contribution < -0.4 is 0 Å². The number of hydrogen-bond acceptors (Lipinski definition) is 0. The summed E-state index contributed by atoms with van der Waals surface area (Å²) < 4.78 is 2.40. The van der Waals surface area contributed by atoms with Gasteiger partial charge in [0.2, 0.25) is 0 Å². The molecule has 0 amide bonds. The lowest BCUT2D eigenvalue weighted by atomic mass is 9.88. The Kier molecular flexibility index (Phi) is 11.8. The summed E-state index contributed by atoms with van der Waals surface area (Å²) in [5, 5.41) is 3.99. The minimum Gasteiger partial charge on any atom is -0.310 e. The van der Waals surface area contributed by atoms with Gasteiger partial charge in [-0.3, -0.25) is 0 Å². The Bertz CT molecular complexity index is 2120. The molecule has 246 valence electrons. The zero-order valence-electron chi connectivity index (χ0n) is 29.6. The Morgan fingerprint density at radius 3 is 2.12 bits per heavy atom. The van der Waals surface area contributed by atoms with E-state index in [2.05, 4.69) is 179 Å². The third kappa shape index (κ3) is 7.68. The minimum absolute atomic E-state index is 0.467. The van der Waals surface area contributed by atoms with Gasteiger partial charge in [-0.2, -0.15) is 0 Å². The number of nitrogens with zero attached hydrogens (tertiary/aromatic N) is 1. The maximum Gasteiger partial charge on any atom is 0.0547 e. The zero-order valence-corrected chi connectivity index (χ0v) is 29.6. The third-order valence-electron chi connectivity index (χ3n) is 9.32. The summed E-state index contributed by atoms with van der Waals surface area (Å²) in [4.78, 5) is 0. The molecule has 49 heavy (non-hydrogen) atoms. The molecule has 1 heterocycles. The number of fused-ring (bicyclic) bond motifs is 2. The largest absolute Gasteiger partial charge is 0.310 e. The van der Waals surface area contributed by atoms with Gasteiger partial charge < -0.3 is 4.57 Å². The van der Waals surface area contributed by atoms with Gasteiger partial charge in [0.05, 0.1) is 11.2 Å². The van der Waals surface area contributed by atoms with Crippen molar-refractivity contribution in [3.05, 3.63) is 187 Å². The molecule has 0 radical (unpaired) electrons. The molecule has 0 spiro atoms. The van der Waals surface area contributed by atoms with Gasteiger partial charge in [0.1, 0.15) is 0 Å². The number of hydrogen-bond donors (Lipinski definition) is 0. The van der Waals surface area contributed by atoms with Gasteiger partial charge in [-0.25, -0.2) is 0 Å². The van der Waals surface area contributed by atoms with Gasteiger partial charge in [0.15, 0.2) is 0 Å². The van der Waals surface area contributed by atoms with Crippen LogP contribution in [0.2, 0.25) is 0 Å². The van der Waals surface area contributed by atoms with Crippen LogP contribution in [0.3, 0.4) is 0 Å². The average molecular weight is 640 g/mol. The molecule has 2 aliphatic carbocycles. The van der Waals surface area contributed by atoms with E-state index in [9.17, 15) is 0 Å². The summed E-state index contributed by atoms with van der Waals surface area (Å²) >= 11 is 0. The highest BCUT2D eigenvalue weighted by molar-refractivity contribution is 6.07. The molecular weight excluding hydrogens is 591 g/mol. The molecule has 0 fully saturated rings. The molecule has 0 saturated carbocycles. The molecule has 0 saturated heterocycles. The lowest BCUT2D eigenvalue weighted by molar-refractivity contribution is 0.768. The molecule has 1 heteroatoms. The van der Waals surface area contributed by atoms with Gasteiger partial charge in [0.25, 0.3) is 0 Å². The third-order valence-corrected chi connectivity index (χ3v) is 9.32. The molecule has 1 unspecified atom stereocenters. The zero-order chi connectivity index (χ0) is 34.8. The van der Waals surface area contributed by atoms with E-state index in [1.807, 2.05) is 6.08 Å². The second-order valence-corrected chi connectivity index (χ2v) is 12.6. The molecule has 4 aromatic carbocycles. The number of aryl methyl sites for hydroxylation is 3. The van der Waals surface area contributed by atoms with Gasteiger partial charge in [-0.1, -0.05) is 147 Å². The lowest BCUT2D eigenvalue weighted by Gasteiger charge is -2.21. The van der Waals surface area contributed by atoms with Crippen LogP contribution in [0.5, 0.6) is 0 Å². The topological polar surface area (TPSA) is 4.93 Å². The first-order valence-corrected chi connectivity index (χ1v) is 17.4. The van der Waals surface area contributed by atoms with Crippen LogP contribution in [0, 0.1) is 26.7 Å². The van der Waals surface area contributed by atoms with Crippen LogP contribution in [0.4, 0.5) is 0 Å². The summed E-state index contributed by atoms with van der Waals surface area (Å²) in [5.41, 5.74) is 12.9. The normalized spacial score (nSPS) is 15.1. The van der Waals surface area contributed by atoms with Crippen molar-refractivity contribution in [2.75, 3.05) is 0 Å². The second kappa shape index (κ2) is 16.6. The highest BCUT2D eigenvalue weighted by atomic mass is 15.0. The van der Waals surface area contributed by atoms with E-state index >= 15 is 0 Å². The molecule has 1 nitrogen and oxygen atoms in total. The number of benzene rings is 4. The Hall–Kier alpha value is -5.40. The Morgan fingerprint density at radius 2 is 1.47 bits per heavy atom. The summed E-state index contributed by atoms with van der Waals surface area (Å²) in [6.45, 7) is 19.6. The monoisotopic (exact) mass is 639 g/mol. The highest BCUT2D eigenvalue weighted by Crippen LogP contribution is 2.42. The van der Waals surface area contributed by atoms with E-state index in [0.717, 1.165) is 25.0 Å². The van der Waals surface area contributed by atoms with E-state index in [1.165, 1.54) is 66.3 Å². The van der Waals surface area contributed by atoms with Crippen molar-refractivity contribution in [3.8, 4) is 11.1 Å². The first-order chi connectivity index (χ1) is 23.9. The van der Waals surface area contributed by atoms with Crippen molar-refractivity contribution < 1.29 is 0 Å². The fourth-order valence-electron chi connectivity index (χ4n) is 6.87. The first-order valence-electron chi connectivity index (χ1n) is 17.4. The lowest BCUT2D eigenvalue weighted by Crippen LogP contribution is -2.07. The van der Waals surface area contributed by atoms with E-state index in [0.29, 0.717) is 5.92 Å². The van der Waals surface area contributed by atoms with Crippen LogP contribution in [0.1, 0.15) is 54.1 Å². The summed E-state index contributed by atoms with van der Waals surface area (Å²) in [6, 6.07) is 28.1. The smallest absolute Gasteiger partial charge is 0.0547 e. The molecule has 5 aromatic rings.